The van der Waals surface area contributed by atoms with Crippen LogP contribution in [0.2, 0.25) is 0 Å². The molecule has 0 aliphatic carbocycles. The largest absolute Gasteiger partial charge is 0.494 e. The second-order valence-corrected chi connectivity index (χ2v) is 10.7. The molecule has 8 heteroatoms. The lowest BCUT2D eigenvalue weighted by molar-refractivity contribution is 0.103. The fourth-order valence-electron chi connectivity index (χ4n) is 4.12. The minimum Gasteiger partial charge on any atom is -0.494 e. The molecule has 7 nitrogen and oxygen atoms in total. The molecule has 0 spiro atoms. The molecule has 0 unspecified atom stereocenters. The van der Waals surface area contributed by atoms with E-state index >= 15 is 0 Å². The van der Waals surface area contributed by atoms with Gasteiger partial charge in [-0.1, -0.05) is 39.7 Å². The maximum absolute atomic E-state index is 13.3. The van der Waals surface area contributed by atoms with Crippen LogP contribution in [0, 0.1) is 0 Å². The number of unbranched alkanes of at least 4 members (excludes halogenated alkanes) is 2. The van der Waals surface area contributed by atoms with E-state index in [2.05, 4.69) is 31.7 Å². The van der Waals surface area contributed by atoms with Crippen molar-refractivity contribution in [2.75, 3.05) is 32.5 Å². The Hall–Kier alpha value is -2.68. The van der Waals surface area contributed by atoms with Gasteiger partial charge in [0.1, 0.15) is 5.75 Å². The number of benzene rings is 1. The van der Waals surface area contributed by atoms with Gasteiger partial charge in [-0.3, -0.25) is 9.35 Å². The van der Waals surface area contributed by atoms with Gasteiger partial charge in [-0.15, -0.1) is 0 Å². The normalized spacial score (nSPS) is 11.4. The summed E-state index contributed by atoms with van der Waals surface area (Å²) < 4.78 is 33.8. The van der Waals surface area contributed by atoms with Gasteiger partial charge >= 0.3 is 0 Å². The molecule has 0 atom stereocenters. The molecule has 0 bridgehead atoms. The fourth-order valence-corrected chi connectivity index (χ4v) is 4.12. The van der Waals surface area contributed by atoms with Crippen LogP contribution in [0.4, 0.5) is 0 Å². The van der Waals surface area contributed by atoms with Gasteiger partial charge in [0.25, 0.3) is 10.1 Å². The summed E-state index contributed by atoms with van der Waals surface area (Å²) in [5.41, 5.74) is 3.59. The van der Waals surface area contributed by atoms with Crippen molar-refractivity contribution in [2.24, 2.45) is 0 Å². The number of carbonyl (C=O) groups is 1. The minimum absolute atomic E-state index is 0.0575. The first-order valence-corrected chi connectivity index (χ1v) is 15.0. The van der Waals surface area contributed by atoms with Crippen LogP contribution in [-0.4, -0.2) is 60.6 Å². The predicted molar refractivity (Wildman–Crippen MR) is 150 cm³/mol. The number of fused-ring (bicyclic) bond motifs is 1. The quantitative estimate of drug-likeness (QED) is 0.158. The maximum Gasteiger partial charge on any atom is 0.261 e. The van der Waals surface area contributed by atoms with Crippen molar-refractivity contribution in [2.45, 2.75) is 59.3 Å². The van der Waals surface area contributed by atoms with E-state index in [1.807, 2.05) is 53.1 Å². The third-order valence-corrected chi connectivity index (χ3v) is 6.01. The summed E-state index contributed by atoms with van der Waals surface area (Å²) in [6.07, 6.45) is 9.53. The van der Waals surface area contributed by atoms with Crippen molar-refractivity contribution in [1.82, 2.24) is 9.30 Å². The Morgan fingerprint density at radius 1 is 0.946 bits per heavy atom. The Kier molecular flexibility index (Phi) is 12.8. The van der Waals surface area contributed by atoms with Crippen molar-refractivity contribution < 1.29 is 22.5 Å². The summed E-state index contributed by atoms with van der Waals surface area (Å²) in [6, 6.07) is 15.7. The van der Waals surface area contributed by atoms with E-state index in [1.54, 1.807) is 0 Å². The number of rotatable bonds is 14. The highest BCUT2D eigenvalue weighted by Crippen LogP contribution is 2.22. The van der Waals surface area contributed by atoms with Gasteiger partial charge in [0, 0.05) is 23.8 Å². The molecular formula is C29H42N2O5S. The number of aromatic nitrogens is 1. The molecular weight excluding hydrogens is 488 g/mol. The zero-order valence-electron chi connectivity index (χ0n) is 22.7. The summed E-state index contributed by atoms with van der Waals surface area (Å²) >= 11 is 0. The minimum atomic E-state index is -3.67. The lowest BCUT2D eigenvalue weighted by atomic mass is 10.0. The Labute approximate surface area is 222 Å². The van der Waals surface area contributed by atoms with Gasteiger partial charge in [-0.25, -0.2) is 0 Å². The number of pyridine rings is 1. The number of carbonyl (C=O) groups excluding carboxylic acids is 1. The first-order chi connectivity index (χ1) is 17.7. The third-order valence-electron chi connectivity index (χ3n) is 6.01. The summed E-state index contributed by atoms with van der Waals surface area (Å²) in [5, 5.41) is 0. The Balaban J connectivity index is 0.000000877. The average Bonchev–Trinajstić information content (AvgIpc) is 3.25. The summed E-state index contributed by atoms with van der Waals surface area (Å²) in [7, 11) is -3.67. The van der Waals surface area contributed by atoms with Crippen molar-refractivity contribution in [1.29, 1.82) is 0 Å². The molecule has 1 aromatic carbocycles. The summed E-state index contributed by atoms with van der Waals surface area (Å²) in [5.74, 6) is 0.882. The van der Waals surface area contributed by atoms with Crippen LogP contribution in [0.1, 0.15) is 74.5 Å². The van der Waals surface area contributed by atoms with Crippen LogP contribution in [0.15, 0.2) is 54.7 Å². The van der Waals surface area contributed by atoms with E-state index in [-0.39, 0.29) is 5.78 Å². The van der Waals surface area contributed by atoms with E-state index in [0.717, 1.165) is 41.9 Å². The standard InChI is InChI=1S/C28H38N2O2.CH4O3S/c1-4-7-17-29(18-8-5-2)19-11-21-32-26-15-13-24(14-16-26)28(31)27-23(6-3)22-25-12-9-10-20-30(25)27;1-5(2,3)4/h9-10,12-16,20,22H,4-8,11,17-19,21H2,1-3H3;1H3,(H,2,3,4). The molecule has 3 aromatic rings. The average molecular weight is 531 g/mol. The lowest BCUT2D eigenvalue weighted by Crippen LogP contribution is -2.28. The smallest absolute Gasteiger partial charge is 0.261 e. The predicted octanol–water partition coefficient (Wildman–Crippen LogP) is 5.91. The molecule has 0 saturated heterocycles. The van der Waals surface area contributed by atoms with Crippen LogP contribution in [0.25, 0.3) is 5.52 Å². The molecule has 204 valence electrons. The van der Waals surface area contributed by atoms with Crippen molar-refractivity contribution >= 4 is 21.4 Å². The van der Waals surface area contributed by atoms with E-state index in [1.165, 1.54) is 38.8 Å². The van der Waals surface area contributed by atoms with Gasteiger partial charge in [0.05, 0.1) is 18.6 Å². The summed E-state index contributed by atoms with van der Waals surface area (Å²) in [4.78, 5) is 15.8. The molecule has 0 amide bonds. The van der Waals surface area contributed by atoms with Gasteiger partial charge in [-0.05, 0) is 86.8 Å². The second-order valence-electron chi connectivity index (χ2n) is 9.20. The molecule has 0 saturated carbocycles. The van der Waals surface area contributed by atoms with Crippen LogP contribution in [0.5, 0.6) is 5.75 Å². The zero-order chi connectivity index (χ0) is 27.3. The van der Waals surface area contributed by atoms with Crippen molar-refractivity contribution in [3.8, 4) is 5.75 Å². The number of ether oxygens (including phenoxy) is 1. The topological polar surface area (TPSA) is 88.3 Å². The van der Waals surface area contributed by atoms with Gasteiger partial charge < -0.3 is 14.0 Å². The number of ketones is 1. The number of hydrogen-bond donors (Lipinski definition) is 1. The molecule has 1 N–H and O–H groups in total. The van der Waals surface area contributed by atoms with Crippen molar-refractivity contribution in [3.05, 3.63) is 71.5 Å². The molecule has 0 fully saturated rings. The Morgan fingerprint density at radius 2 is 1.54 bits per heavy atom. The van der Waals surface area contributed by atoms with Crippen LogP contribution in [-0.2, 0) is 16.5 Å². The van der Waals surface area contributed by atoms with Crippen LogP contribution >= 0.6 is 0 Å². The van der Waals surface area contributed by atoms with Crippen molar-refractivity contribution in [3.63, 3.8) is 0 Å². The molecule has 2 heterocycles. The summed E-state index contributed by atoms with van der Waals surface area (Å²) in [6.45, 7) is 10.7. The van der Waals surface area contributed by atoms with Crippen LogP contribution < -0.4 is 4.74 Å². The van der Waals surface area contributed by atoms with Gasteiger partial charge in [-0.2, -0.15) is 8.42 Å². The van der Waals surface area contributed by atoms with E-state index in [9.17, 15) is 13.2 Å². The molecule has 3 rings (SSSR count). The van der Waals surface area contributed by atoms with Crippen LogP contribution in [0.3, 0.4) is 0 Å². The highest BCUT2D eigenvalue weighted by atomic mass is 32.2. The molecule has 37 heavy (non-hydrogen) atoms. The number of aryl methyl sites for hydroxylation is 1. The maximum atomic E-state index is 13.3. The number of hydrogen-bond acceptors (Lipinski definition) is 5. The molecule has 0 aliphatic rings. The number of nitrogens with zero attached hydrogens (tertiary/aromatic N) is 2. The molecule has 0 aliphatic heterocycles. The van der Waals surface area contributed by atoms with Gasteiger partial charge in [0.15, 0.2) is 0 Å². The van der Waals surface area contributed by atoms with E-state index < -0.39 is 10.1 Å². The van der Waals surface area contributed by atoms with E-state index in [4.69, 9.17) is 9.29 Å². The van der Waals surface area contributed by atoms with Gasteiger partial charge in [0.2, 0.25) is 5.78 Å². The lowest BCUT2D eigenvalue weighted by Gasteiger charge is -2.21. The highest BCUT2D eigenvalue weighted by Gasteiger charge is 2.18. The Morgan fingerprint density at radius 3 is 2.11 bits per heavy atom. The fraction of sp³-hybridized carbons (Fsp3) is 0.483. The monoisotopic (exact) mass is 530 g/mol. The third kappa shape index (κ3) is 10.7. The first kappa shape index (κ1) is 30.5. The molecule has 2 aromatic heterocycles. The first-order valence-electron chi connectivity index (χ1n) is 13.2. The second kappa shape index (κ2) is 15.5. The molecule has 0 radical (unpaired) electrons. The van der Waals surface area contributed by atoms with E-state index in [0.29, 0.717) is 18.4 Å². The Bertz CT molecular complexity index is 1190. The SMILES string of the molecule is CCCCN(CCCC)CCCOc1ccc(C(=O)c2c(CC)cc3ccccn23)cc1.CS(=O)(=O)O. The zero-order valence-corrected chi connectivity index (χ0v) is 23.5. The highest BCUT2D eigenvalue weighted by molar-refractivity contribution is 7.85.